The van der Waals surface area contributed by atoms with E-state index in [0.717, 1.165) is 18.2 Å². The van der Waals surface area contributed by atoms with Crippen LogP contribution in [0.15, 0.2) is 18.2 Å². The maximum atomic E-state index is 12.9. The minimum absolute atomic E-state index is 0.0177. The predicted molar refractivity (Wildman–Crippen MR) is 55.2 cm³/mol. The van der Waals surface area contributed by atoms with Crippen LogP contribution in [-0.4, -0.2) is 30.1 Å². The molecule has 1 amide bonds. The molecule has 94 valence electrons. The van der Waals surface area contributed by atoms with Gasteiger partial charge in [-0.3, -0.25) is 4.79 Å². The van der Waals surface area contributed by atoms with Crippen molar-refractivity contribution in [2.24, 2.45) is 0 Å². The molecule has 0 aliphatic heterocycles. The molecule has 0 heterocycles. The summed E-state index contributed by atoms with van der Waals surface area (Å²) in [5.74, 6) is -5.03. The van der Waals surface area contributed by atoms with Crippen molar-refractivity contribution in [3.63, 3.8) is 0 Å². The number of benzene rings is 1. The van der Waals surface area contributed by atoms with Crippen LogP contribution in [0.1, 0.15) is 10.4 Å². The molecule has 1 aromatic rings. The Bertz CT molecular complexity index is 404. The van der Waals surface area contributed by atoms with E-state index in [4.69, 9.17) is 10.8 Å². The van der Waals surface area contributed by atoms with Gasteiger partial charge in [-0.15, -0.1) is 0 Å². The van der Waals surface area contributed by atoms with Crippen LogP contribution in [0.2, 0.25) is 0 Å². The molecular weight excluding hydrogens is 237 g/mol. The number of rotatable bonds is 4. The Kier molecular flexibility index (Phi) is 3.95. The summed E-state index contributed by atoms with van der Waals surface area (Å²) in [5.41, 5.74) is 5.16. The molecule has 0 unspecified atom stereocenters. The first-order valence-electron chi connectivity index (χ1n) is 4.67. The number of aliphatic hydroxyl groups excluding tert-OH is 1. The molecule has 0 spiro atoms. The molecular formula is C10H11F3N2O2. The molecule has 1 aromatic carbocycles. The van der Waals surface area contributed by atoms with Gasteiger partial charge in [0.15, 0.2) is 0 Å². The summed E-state index contributed by atoms with van der Waals surface area (Å²) in [6, 6.07) is 3.04. The molecule has 4 nitrogen and oxygen atoms in total. The minimum Gasteiger partial charge on any atom is -0.399 e. The van der Waals surface area contributed by atoms with Crippen LogP contribution < -0.4 is 11.1 Å². The number of nitrogens with two attached hydrogens (primary N) is 1. The number of aliphatic hydroxyl groups is 1. The topological polar surface area (TPSA) is 75.4 Å². The Morgan fingerprint density at radius 2 is 2.06 bits per heavy atom. The monoisotopic (exact) mass is 248 g/mol. The number of hydrogen-bond donors (Lipinski definition) is 3. The summed E-state index contributed by atoms with van der Waals surface area (Å²) in [4.78, 5) is 11.4. The fourth-order valence-corrected chi connectivity index (χ4v) is 1.11. The van der Waals surface area contributed by atoms with E-state index in [-0.39, 0.29) is 11.3 Å². The lowest BCUT2D eigenvalue weighted by atomic mass is 10.2. The Labute approximate surface area is 95.2 Å². The fraction of sp³-hybridized carbons (Fsp3) is 0.300. The number of alkyl halides is 2. The van der Waals surface area contributed by atoms with Crippen LogP contribution in [0, 0.1) is 5.82 Å². The Hall–Kier alpha value is -1.76. The van der Waals surface area contributed by atoms with Gasteiger partial charge < -0.3 is 16.2 Å². The molecule has 0 aliphatic rings. The quantitative estimate of drug-likeness (QED) is 0.689. The SMILES string of the molecule is Nc1cc(F)cc(C(=O)NCC(F)(F)CO)c1. The molecule has 0 saturated carbocycles. The largest absolute Gasteiger partial charge is 0.399 e. The average Bonchev–Trinajstić information content (AvgIpc) is 2.24. The number of nitrogens with one attached hydrogen (secondary N) is 1. The highest BCUT2D eigenvalue weighted by molar-refractivity contribution is 5.95. The third-order valence-electron chi connectivity index (χ3n) is 1.92. The highest BCUT2D eigenvalue weighted by Crippen LogP contribution is 2.13. The first kappa shape index (κ1) is 13.3. The van der Waals surface area contributed by atoms with Gasteiger partial charge in [0.05, 0.1) is 6.54 Å². The molecule has 0 bridgehead atoms. The van der Waals surface area contributed by atoms with Crippen LogP contribution in [0.4, 0.5) is 18.9 Å². The normalized spacial score (nSPS) is 11.3. The van der Waals surface area contributed by atoms with E-state index in [1.165, 1.54) is 0 Å². The van der Waals surface area contributed by atoms with E-state index in [1.54, 1.807) is 0 Å². The number of amides is 1. The van der Waals surface area contributed by atoms with Gasteiger partial charge in [0, 0.05) is 11.3 Å². The maximum Gasteiger partial charge on any atom is 0.287 e. The molecule has 7 heteroatoms. The fourth-order valence-electron chi connectivity index (χ4n) is 1.11. The minimum atomic E-state index is -3.41. The Morgan fingerprint density at radius 1 is 1.41 bits per heavy atom. The number of anilines is 1. The van der Waals surface area contributed by atoms with Gasteiger partial charge >= 0.3 is 0 Å². The van der Waals surface area contributed by atoms with Gasteiger partial charge in [-0.25, -0.2) is 13.2 Å². The molecule has 0 saturated heterocycles. The summed E-state index contributed by atoms with van der Waals surface area (Å²) in [5, 5.41) is 10.2. The van der Waals surface area contributed by atoms with Crippen LogP contribution in [0.5, 0.6) is 0 Å². The summed E-state index contributed by atoms with van der Waals surface area (Å²) < 4.78 is 38.1. The Morgan fingerprint density at radius 3 is 2.59 bits per heavy atom. The molecule has 0 atom stereocenters. The van der Waals surface area contributed by atoms with Crippen LogP contribution in [0.3, 0.4) is 0 Å². The van der Waals surface area contributed by atoms with Crippen LogP contribution in [-0.2, 0) is 0 Å². The second-order valence-electron chi connectivity index (χ2n) is 3.47. The molecule has 1 rings (SSSR count). The number of hydrogen-bond acceptors (Lipinski definition) is 3. The van der Waals surface area contributed by atoms with E-state index in [1.807, 2.05) is 5.32 Å². The summed E-state index contributed by atoms with van der Waals surface area (Å²) in [7, 11) is 0. The predicted octanol–water partition coefficient (Wildman–Crippen LogP) is 0.765. The smallest absolute Gasteiger partial charge is 0.287 e. The zero-order valence-electron chi connectivity index (χ0n) is 8.71. The maximum absolute atomic E-state index is 12.9. The van der Waals surface area contributed by atoms with Crippen LogP contribution >= 0.6 is 0 Å². The van der Waals surface area contributed by atoms with Crippen molar-refractivity contribution in [3.05, 3.63) is 29.6 Å². The van der Waals surface area contributed by atoms with Crippen molar-refractivity contribution < 1.29 is 23.1 Å². The molecule has 0 fully saturated rings. The van der Waals surface area contributed by atoms with Gasteiger partial charge in [0.2, 0.25) is 0 Å². The lowest BCUT2D eigenvalue weighted by molar-refractivity contribution is -0.0462. The zero-order valence-corrected chi connectivity index (χ0v) is 8.71. The summed E-state index contributed by atoms with van der Waals surface area (Å²) in [6.07, 6.45) is 0. The van der Waals surface area contributed by atoms with Gasteiger partial charge in [-0.05, 0) is 18.2 Å². The summed E-state index contributed by atoms with van der Waals surface area (Å²) >= 11 is 0. The van der Waals surface area contributed by atoms with E-state index >= 15 is 0 Å². The van der Waals surface area contributed by atoms with E-state index in [9.17, 15) is 18.0 Å². The molecule has 17 heavy (non-hydrogen) atoms. The van der Waals surface area contributed by atoms with Crippen molar-refractivity contribution >= 4 is 11.6 Å². The van der Waals surface area contributed by atoms with Crippen molar-refractivity contribution in [1.82, 2.24) is 5.32 Å². The lowest BCUT2D eigenvalue weighted by Gasteiger charge is -2.14. The standard InChI is InChI=1S/C10H11F3N2O2/c11-7-1-6(2-8(14)3-7)9(17)15-4-10(12,13)5-16/h1-3,16H,4-5,14H2,(H,15,17). The Balaban J connectivity index is 2.70. The summed E-state index contributed by atoms with van der Waals surface area (Å²) in [6.45, 7) is -2.41. The lowest BCUT2D eigenvalue weighted by Crippen LogP contribution is -2.39. The second kappa shape index (κ2) is 5.05. The van der Waals surface area contributed by atoms with Gasteiger partial charge in [-0.2, -0.15) is 0 Å². The van der Waals surface area contributed by atoms with E-state index in [2.05, 4.69) is 0 Å². The van der Waals surface area contributed by atoms with Crippen molar-refractivity contribution in [2.75, 3.05) is 18.9 Å². The van der Waals surface area contributed by atoms with Gasteiger partial charge in [-0.1, -0.05) is 0 Å². The van der Waals surface area contributed by atoms with Crippen molar-refractivity contribution in [1.29, 1.82) is 0 Å². The number of carbonyl (C=O) groups is 1. The number of nitrogen functional groups attached to an aromatic ring is 1. The van der Waals surface area contributed by atoms with Gasteiger partial charge in [0.1, 0.15) is 12.4 Å². The van der Waals surface area contributed by atoms with E-state index < -0.39 is 30.8 Å². The average molecular weight is 248 g/mol. The molecule has 0 radical (unpaired) electrons. The van der Waals surface area contributed by atoms with Crippen LogP contribution in [0.25, 0.3) is 0 Å². The van der Waals surface area contributed by atoms with E-state index in [0.29, 0.717) is 0 Å². The number of carbonyl (C=O) groups excluding carboxylic acids is 1. The zero-order chi connectivity index (χ0) is 13.1. The first-order chi connectivity index (χ1) is 7.84. The van der Waals surface area contributed by atoms with Gasteiger partial charge in [0.25, 0.3) is 11.8 Å². The highest BCUT2D eigenvalue weighted by Gasteiger charge is 2.28. The van der Waals surface area contributed by atoms with Crippen molar-refractivity contribution in [2.45, 2.75) is 5.92 Å². The third-order valence-corrected chi connectivity index (χ3v) is 1.92. The molecule has 0 aromatic heterocycles. The first-order valence-corrected chi connectivity index (χ1v) is 4.67. The van der Waals surface area contributed by atoms with Crippen molar-refractivity contribution in [3.8, 4) is 0 Å². The molecule has 4 N–H and O–H groups in total. The second-order valence-corrected chi connectivity index (χ2v) is 3.47. The highest BCUT2D eigenvalue weighted by atomic mass is 19.3. The number of halogens is 3. The molecule has 0 aliphatic carbocycles. The third kappa shape index (κ3) is 3.95.